The summed E-state index contributed by atoms with van der Waals surface area (Å²) in [4.78, 5) is 13.2. The van der Waals surface area contributed by atoms with Crippen LogP contribution in [0.2, 0.25) is 5.02 Å². The lowest BCUT2D eigenvalue weighted by Gasteiger charge is -2.17. The third-order valence-corrected chi connectivity index (χ3v) is 7.85. The van der Waals surface area contributed by atoms with Crippen LogP contribution in [0.25, 0.3) is 22.0 Å². The van der Waals surface area contributed by atoms with Gasteiger partial charge < -0.3 is 9.88 Å². The molecule has 4 heteroatoms. The van der Waals surface area contributed by atoms with Gasteiger partial charge in [0.25, 0.3) is 5.91 Å². The maximum atomic E-state index is 13.2. The minimum Gasteiger partial charge on any atom is -0.345 e. The van der Waals surface area contributed by atoms with Gasteiger partial charge in [-0.05, 0) is 79.3 Å². The standard InChI is InChI=1S/C33H31ClN2O/c1-21-9-8-12-29(32(21)34)23(3)35-33(37)28-17-18-31-30(19-28)22(2)24(4)36(31)20-25-13-15-27(16-14-25)26-10-6-5-7-11-26/h5-19,23H,20H2,1-4H3,(H,35,37)/t23-/m1/s1. The first kappa shape index (κ1) is 24.9. The Kier molecular flexibility index (Phi) is 6.90. The zero-order valence-electron chi connectivity index (χ0n) is 21.7. The van der Waals surface area contributed by atoms with Crippen molar-refractivity contribution in [2.24, 2.45) is 0 Å². The molecule has 1 amide bonds. The highest BCUT2D eigenvalue weighted by Crippen LogP contribution is 2.29. The molecule has 0 fully saturated rings. The van der Waals surface area contributed by atoms with E-state index in [1.54, 1.807) is 0 Å². The number of carbonyl (C=O) groups is 1. The number of aryl methyl sites for hydroxylation is 2. The fourth-order valence-electron chi connectivity index (χ4n) is 4.97. The van der Waals surface area contributed by atoms with Gasteiger partial charge in [-0.2, -0.15) is 0 Å². The minimum atomic E-state index is -0.193. The summed E-state index contributed by atoms with van der Waals surface area (Å²) < 4.78 is 2.33. The normalized spacial score (nSPS) is 12.0. The van der Waals surface area contributed by atoms with Crippen LogP contribution in [0, 0.1) is 20.8 Å². The molecule has 0 aliphatic carbocycles. The van der Waals surface area contributed by atoms with Crippen LogP contribution in [-0.4, -0.2) is 10.5 Å². The van der Waals surface area contributed by atoms with Crippen molar-refractivity contribution >= 4 is 28.4 Å². The number of hydrogen-bond donors (Lipinski definition) is 1. The van der Waals surface area contributed by atoms with Gasteiger partial charge in [0, 0.05) is 33.7 Å². The van der Waals surface area contributed by atoms with Crippen molar-refractivity contribution < 1.29 is 4.79 Å². The van der Waals surface area contributed by atoms with Crippen molar-refractivity contribution in [1.82, 2.24) is 9.88 Å². The van der Waals surface area contributed by atoms with Gasteiger partial charge in [-0.15, -0.1) is 0 Å². The van der Waals surface area contributed by atoms with Crippen molar-refractivity contribution in [1.29, 1.82) is 0 Å². The van der Waals surface area contributed by atoms with Gasteiger partial charge in [-0.3, -0.25) is 4.79 Å². The van der Waals surface area contributed by atoms with Gasteiger partial charge in [0.05, 0.1) is 6.04 Å². The van der Waals surface area contributed by atoms with Gasteiger partial charge in [0.15, 0.2) is 0 Å². The third kappa shape index (κ3) is 4.92. The second-order valence-corrected chi connectivity index (χ2v) is 10.1. The summed E-state index contributed by atoms with van der Waals surface area (Å²) in [6.07, 6.45) is 0. The number of carbonyl (C=O) groups excluding carboxylic acids is 1. The zero-order valence-corrected chi connectivity index (χ0v) is 22.4. The Labute approximate surface area is 223 Å². The van der Waals surface area contributed by atoms with Crippen LogP contribution >= 0.6 is 11.6 Å². The molecule has 0 saturated heterocycles. The van der Waals surface area contributed by atoms with Crippen LogP contribution in [-0.2, 0) is 6.54 Å². The lowest BCUT2D eigenvalue weighted by Crippen LogP contribution is -2.26. The number of rotatable bonds is 6. The Balaban J connectivity index is 1.38. The molecule has 5 aromatic rings. The van der Waals surface area contributed by atoms with Crippen LogP contribution in [0.4, 0.5) is 0 Å². The van der Waals surface area contributed by atoms with Crippen molar-refractivity contribution in [3.63, 3.8) is 0 Å². The molecule has 5 rings (SSSR count). The molecule has 186 valence electrons. The number of amides is 1. The number of hydrogen-bond acceptors (Lipinski definition) is 1. The van der Waals surface area contributed by atoms with E-state index in [2.05, 4.69) is 78.3 Å². The van der Waals surface area contributed by atoms with Gasteiger partial charge in [-0.1, -0.05) is 84.4 Å². The highest BCUT2D eigenvalue weighted by Gasteiger charge is 2.17. The van der Waals surface area contributed by atoms with Gasteiger partial charge in [0.2, 0.25) is 0 Å². The van der Waals surface area contributed by atoms with Crippen molar-refractivity contribution in [3.8, 4) is 11.1 Å². The van der Waals surface area contributed by atoms with Gasteiger partial charge in [-0.25, -0.2) is 0 Å². The third-order valence-electron chi connectivity index (χ3n) is 7.34. The molecule has 3 nitrogen and oxygen atoms in total. The number of fused-ring (bicyclic) bond motifs is 1. The van der Waals surface area contributed by atoms with E-state index < -0.39 is 0 Å². The van der Waals surface area contributed by atoms with E-state index >= 15 is 0 Å². The predicted octanol–water partition coefficient (Wildman–Crippen LogP) is 8.43. The SMILES string of the molecule is Cc1cccc([C@@H](C)NC(=O)c2ccc3c(c2)c(C)c(C)n3Cc2ccc(-c3ccccc3)cc2)c1Cl. The Morgan fingerprint density at radius 1 is 0.865 bits per heavy atom. The first-order valence-corrected chi connectivity index (χ1v) is 13.0. The summed E-state index contributed by atoms with van der Waals surface area (Å²) in [5, 5.41) is 4.92. The highest BCUT2D eigenvalue weighted by atomic mass is 35.5. The summed E-state index contributed by atoms with van der Waals surface area (Å²) in [7, 11) is 0. The Hall–Kier alpha value is -3.82. The lowest BCUT2D eigenvalue weighted by molar-refractivity contribution is 0.0940. The topological polar surface area (TPSA) is 34.0 Å². The monoisotopic (exact) mass is 506 g/mol. The zero-order chi connectivity index (χ0) is 26.1. The molecule has 1 aromatic heterocycles. The molecule has 0 spiro atoms. The van der Waals surface area contributed by atoms with Gasteiger partial charge >= 0.3 is 0 Å². The molecule has 0 bridgehead atoms. The van der Waals surface area contributed by atoms with Crippen LogP contribution in [0.15, 0.2) is 91.0 Å². The van der Waals surface area contributed by atoms with Crippen LogP contribution < -0.4 is 5.32 Å². The van der Waals surface area contributed by atoms with Crippen molar-refractivity contribution in [2.75, 3.05) is 0 Å². The average Bonchev–Trinajstić information content (AvgIpc) is 3.15. The lowest BCUT2D eigenvalue weighted by atomic mass is 10.0. The average molecular weight is 507 g/mol. The van der Waals surface area contributed by atoms with Crippen LogP contribution in [0.1, 0.15) is 51.3 Å². The number of aromatic nitrogens is 1. The quantitative estimate of drug-likeness (QED) is 0.246. The number of nitrogens with one attached hydrogen (secondary N) is 1. The molecule has 0 aliphatic rings. The molecule has 1 atom stereocenters. The number of nitrogens with zero attached hydrogens (tertiary/aromatic N) is 1. The van der Waals surface area contributed by atoms with E-state index in [0.717, 1.165) is 28.6 Å². The van der Waals surface area contributed by atoms with E-state index in [9.17, 15) is 4.79 Å². The molecular formula is C33H31ClN2O. The smallest absolute Gasteiger partial charge is 0.251 e. The summed E-state index contributed by atoms with van der Waals surface area (Å²) in [5.41, 5.74) is 9.79. The van der Waals surface area contributed by atoms with E-state index in [-0.39, 0.29) is 11.9 Å². The Morgan fingerprint density at radius 3 is 2.30 bits per heavy atom. The molecule has 37 heavy (non-hydrogen) atoms. The minimum absolute atomic E-state index is 0.103. The molecule has 4 aromatic carbocycles. The van der Waals surface area contributed by atoms with Crippen molar-refractivity contribution in [2.45, 2.75) is 40.3 Å². The molecule has 1 N–H and O–H groups in total. The maximum Gasteiger partial charge on any atom is 0.251 e. The van der Waals surface area contributed by atoms with E-state index in [1.165, 1.54) is 27.9 Å². The van der Waals surface area contributed by atoms with Crippen LogP contribution in [0.3, 0.4) is 0 Å². The first-order chi connectivity index (χ1) is 17.8. The molecule has 0 unspecified atom stereocenters. The van der Waals surface area contributed by atoms with E-state index in [4.69, 9.17) is 11.6 Å². The second-order valence-electron chi connectivity index (χ2n) is 9.76. The van der Waals surface area contributed by atoms with Crippen LogP contribution in [0.5, 0.6) is 0 Å². The fraction of sp³-hybridized carbons (Fsp3) is 0.182. The molecular weight excluding hydrogens is 476 g/mol. The summed E-state index contributed by atoms with van der Waals surface area (Å²) >= 11 is 6.49. The second kappa shape index (κ2) is 10.3. The molecule has 0 aliphatic heterocycles. The number of benzene rings is 4. The molecule has 1 heterocycles. The van der Waals surface area contributed by atoms with Crippen molar-refractivity contribution in [3.05, 3.63) is 130 Å². The largest absolute Gasteiger partial charge is 0.345 e. The Bertz CT molecular complexity index is 1580. The first-order valence-electron chi connectivity index (χ1n) is 12.6. The highest BCUT2D eigenvalue weighted by molar-refractivity contribution is 6.32. The fourth-order valence-corrected chi connectivity index (χ4v) is 5.26. The Morgan fingerprint density at radius 2 is 1.57 bits per heavy atom. The molecule has 0 saturated carbocycles. The summed E-state index contributed by atoms with van der Waals surface area (Å²) in [5.74, 6) is -0.103. The summed E-state index contributed by atoms with van der Waals surface area (Å²) in [6.45, 7) is 8.99. The van der Waals surface area contributed by atoms with Gasteiger partial charge in [0.1, 0.15) is 0 Å². The molecule has 0 radical (unpaired) electrons. The summed E-state index contributed by atoms with van der Waals surface area (Å²) in [6, 6.07) is 30.9. The van der Waals surface area contributed by atoms with E-state index in [1.807, 2.05) is 50.2 Å². The maximum absolute atomic E-state index is 13.2. The number of halogens is 1. The van der Waals surface area contributed by atoms with E-state index in [0.29, 0.717) is 10.6 Å². The predicted molar refractivity (Wildman–Crippen MR) is 154 cm³/mol.